The van der Waals surface area contributed by atoms with Crippen molar-refractivity contribution < 1.29 is 14.7 Å². The monoisotopic (exact) mass is 381 g/mol. The summed E-state index contributed by atoms with van der Waals surface area (Å²) < 4.78 is 0. The SMILES string of the molecule is CC(C(=S)C1CC[C@@H](C(=O)O)N1)C(C(=O)c1ccccc1)c1ccccc1. The molecule has 27 heavy (non-hydrogen) atoms. The number of aliphatic carboxylic acids is 1. The Balaban J connectivity index is 1.88. The highest BCUT2D eigenvalue weighted by atomic mass is 32.1. The molecule has 2 aromatic carbocycles. The van der Waals surface area contributed by atoms with Crippen molar-refractivity contribution in [1.82, 2.24) is 5.32 Å². The summed E-state index contributed by atoms with van der Waals surface area (Å²) in [7, 11) is 0. The summed E-state index contributed by atoms with van der Waals surface area (Å²) in [4.78, 5) is 25.3. The molecule has 3 unspecified atom stereocenters. The largest absolute Gasteiger partial charge is 0.480 e. The van der Waals surface area contributed by atoms with E-state index in [9.17, 15) is 14.7 Å². The number of carboxylic acids is 1. The van der Waals surface area contributed by atoms with Crippen LogP contribution in [0.15, 0.2) is 60.7 Å². The number of benzene rings is 2. The van der Waals surface area contributed by atoms with Crippen molar-refractivity contribution in [3.8, 4) is 0 Å². The second kappa shape index (κ2) is 8.55. The van der Waals surface area contributed by atoms with Gasteiger partial charge in [-0.25, -0.2) is 0 Å². The highest BCUT2D eigenvalue weighted by molar-refractivity contribution is 7.80. The molecule has 5 heteroatoms. The van der Waals surface area contributed by atoms with Crippen LogP contribution in [0.4, 0.5) is 0 Å². The number of rotatable bonds is 7. The van der Waals surface area contributed by atoms with E-state index in [1.807, 2.05) is 67.6 Å². The van der Waals surface area contributed by atoms with Crippen LogP contribution in [-0.2, 0) is 4.79 Å². The van der Waals surface area contributed by atoms with Crippen molar-refractivity contribution in [2.75, 3.05) is 0 Å². The van der Waals surface area contributed by atoms with Crippen molar-refractivity contribution in [3.05, 3.63) is 71.8 Å². The summed E-state index contributed by atoms with van der Waals surface area (Å²) in [5, 5.41) is 12.3. The van der Waals surface area contributed by atoms with Gasteiger partial charge in [0, 0.05) is 22.4 Å². The van der Waals surface area contributed by atoms with Gasteiger partial charge in [0.1, 0.15) is 6.04 Å². The van der Waals surface area contributed by atoms with E-state index < -0.39 is 17.9 Å². The summed E-state index contributed by atoms with van der Waals surface area (Å²) in [6.07, 6.45) is 1.23. The van der Waals surface area contributed by atoms with Crippen molar-refractivity contribution in [2.24, 2.45) is 5.92 Å². The van der Waals surface area contributed by atoms with E-state index in [1.165, 1.54) is 0 Å². The van der Waals surface area contributed by atoms with Gasteiger partial charge in [0.2, 0.25) is 0 Å². The van der Waals surface area contributed by atoms with Crippen LogP contribution in [-0.4, -0.2) is 33.8 Å². The molecule has 0 bridgehead atoms. The highest BCUT2D eigenvalue weighted by Gasteiger charge is 2.37. The number of thiocarbonyl (C=S) groups is 1. The molecular weight excluding hydrogens is 358 g/mol. The number of hydrogen-bond acceptors (Lipinski definition) is 4. The Bertz CT molecular complexity index is 822. The average Bonchev–Trinajstić information content (AvgIpc) is 3.19. The molecule has 2 N–H and O–H groups in total. The normalized spacial score (nSPS) is 21.4. The standard InChI is InChI=1S/C22H23NO3S/c1-14(21(27)17-12-13-18(23-17)22(25)26)19(15-8-4-2-5-9-15)20(24)16-10-6-3-7-11-16/h2-11,14,17-19,23H,12-13H2,1H3,(H,25,26)/t14?,17?,18-,19?/m0/s1. The predicted octanol–water partition coefficient (Wildman–Crippen LogP) is 3.86. The van der Waals surface area contributed by atoms with E-state index in [4.69, 9.17) is 12.2 Å². The minimum atomic E-state index is -0.854. The molecule has 0 radical (unpaired) electrons. The first kappa shape index (κ1) is 19.4. The molecule has 1 saturated heterocycles. The first-order valence-electron chi connectivity index (χ1n) is 9.16. The molecule has 0 saturated carbocycles. The van der Waals surface area contributed by atoms with Gasteiger partial charge in [0.15, 0.2) is 5.78 Å². The second-order valence-corrected chi connectivity index (χ2v) is 7.47. The third-order valence-electron chi connectivity index (χ3n) is 5.24. The summed E-state index contributed by atoms with van der Waals surface area (Å²) in [5.74, 6) is -1.41. The van der Waals surface area contributed by atoms with E-state index in [0.29, 0.717) is 18.4 Å². The molecule has 4 atom stereocenters. The third-order valence-corrected chi connectivity index (χ3v) is 5.89. The second-order valence-electron chi connectivity index (χ2n) is 7.00. The average molecular weight is 381 g/mol. The van der Waals surface area contributed by atoms with E-state index in [0.717, 1.165) is 10.4 Å². The molecule has 0 aromatic heterocycles. The van der Waals surface area contributed by atoms with Gasteiger partial charge in [0.25, 0.3) is 0 Å². The smallest absolute Gasteiger partial charge is 0.320 e. The first-order valence-corrected chi connectivity index (χ1v) is 9.56. The van der Waals surface area contributed by atoms with Crippen LogP contribution < -0.4 is 5.32 Å². The zero-order chi connectivity index (χ0) is 19.4. The molecule has 4 nitrogen and oxygen atoms in total. The Morgan fingerprint density at radius 1 is 1.00 bits per heavy atom. The van der Waals surface area contributed by atoms with Crippen molar-refractivity contribution in [1.29, 1.82) is 0 Å². The maximum absolute atomic E-state index is 13.3. The molecule has 0 aliphatic carbocycles. The summed E-state index contributed by atoms with van der Waals surface area (Å²) in [5.41, 5.74) is 1.58. The lowest BCUT2D eigenvalue weighted by Gasteiger charge is -2.27. The Morgan fingerprint density at radius 2 is 1.56 bits per heavy atom. The van der Waals surface area contributed by atoms with Gasteiger partial charge in [0.05, 0.1) is 5.92 Å². The van der Waals surface area contributed by atoms with Gasteiger partial charge < -0.3 is 5.11 Å². The van der Waals surface area contributed by atoms with Crippen molar-refractivity contribution in [2.45, 2.75) is 37.8 Å². The Morgan fingerprint density at radius 3 is 2.11 bits per heavy atom. The van der Waals surface area contributed by atoms with Crippen LogP contribution in [0.1, 0.15) is 41.6 Å². The lowest BCUT2D eigenvalue weighted by Crippen LogP contribution is -2.42. The number of Topliss-reactive ketones (excluding diaryl/α,β-unsaturated/α-hetero) is 1. The number of carboxylic acid groups (broad SMARTS) is 1. The molecular formula is C22H23NO3S. The summed E-state index contributed by atoms with van der Waals surface area (Å²) >= 11 is 5.71. The van der Waals surface area contributed by atoms with E-state index >= 15 is 0 Å². The first-order chi connectivity index (χ1) is 13.0. The van der Waals surface area contributed by atoms with E-state index in [-0.39, 0.29) is 17.7 Å². The van der Waals surface area contributed by atoms with Gasteiger partial charge in [-0.1, -0.05) is 79.8 Å². The molecule has 0 amide bonds. The van der Waals surface area contributed by atoms with Crippen molar-refractivity contribution in [3.63, 3.8) is 0 Å². The quantitative estimate of drug-likeness (QED) is 0.563. The zero-order valence-electron chi connectivity index (χ0n) is 15.2. The van der Waals surface area contributed by atoms with Gasteiger partial charge in [-0.05, 0) is 18.4 Å². The highest BCUT2D eigenvalue weighted by Crippen LogP contribution is 2.32. The fraction of sp³-hybridized carbons (Fsp3) is 0.318. The summed E-state index contributed by atoms with van der Waals surface area (Å²) in [6.45, 7) is 1.97. The Labute approximate surface area is 164 Å². The number of ketones is 1. The number of hydrogen-bond donors (Lipinski definition) is 2. The Kier molecular flexibility index (Phi) is 6.14. The molecule has 0 spiro atoms. The van der Waals surface area contributed by atoms with Gasteiger partial charge >= 0.3 is 5.97 Å². The minimum Gasteiger partial charge on any atom is -0.480 e. The maximum atomic E-state index is 13.3. The molecule has 3 rings (SSSR count). The van der Waals surface area contributed by atoms with Crippen LogP contribution in [0.2, 0.25) is 0 Å². The van der Waals surface area contributed by atoms with E-state index in [1.54, 1.807) is 0 Å². The third kappa shape index (κ3) is 4.31. The number of carbonyl (C=O) groups excluding carboxylic acids is 1. The van der Waals surface area contributed by atoms with Crippen LogP contribution in [0.3, 0.4) is 0 Å². The van der Waals surface area contributed by atoms with Crippen LogP contribution in [0.25, 0.3) is 0 Å². The molecule has 1 heterocycles. The lowest BCUT2D eigenvalue weighted by molar-refractivity contribution is -0.139. The number of nitrogens with one attached hydrogen (secondary N) is 1. The van der Waals surface area contributed by atoms with Gasteiger partial charge in [-0.3, -0.25) is 14.9 Å². The fourth-order valence-corrected chi connectivity index (χ4v) is 4.08. The van der Waals surface area contributed by atoms with Crippen LogP contribution in [0.5, 0.6) is 0 Å². The molecule has 1 aliphatic rings. The molecule has 1 fully saturated rings. The minimum absolute atomic E-state index is 0.0319. The molecule has 1 aliphatic heterocycles. The molecule has 2 aromatic rings. The fourth-order valence-electron chi connectivity index (χ4n) is 3.75. The lowest BCUT2D eigenvalue weighted by atomic mass is 9.78. The topological polar surface area (TPSA) is 66.4 Å². The summed E-state index contributed by atoms with van der Waals surface area (Å²) in [6, 6.07) is 18.2. The maximum Gasteiger partial charge on any atom is 0.320 e. The van der Waals surface area contributed by atoms with Crippen molar-refractivity contribution >= 4 is 28.8 Å². The van der Waals surface area contributed by atoms with E-state index in [2.05, 4.69) is 5.32 Å². The number of carbonyl (C=O) groups is 2. The molecule has 140 valence electrons. The van der Waals surface area contributed by atoms with Gasteiger partial charge in [-0.2, -0.15) is 0 Å². The predicted molar refractivity (Wildman–Crippen MR) is 109 cm³/mol. The van der Waals surface area contributed by atoms with Gasteiger partial charge in [-0.15, -0.1) is 0 Å². The van der Waals surface area contributed by atoms with Crippen LogP contribution >= 0.6 is 12.2 Å². The van der Waals surface area contributed by atoms with Crippen LogP contribution in [0, 0.1) is 5.92 Å². The Hall–Kier alpha value is -2.37. The zero-order valence-corrected chi connectivity index (χ0v) is 16.0.